The van der Waals surface area contributed by atoms with Gasteiger partial charge in [0, 0.05) is 35.2 Å². The minimum atomic E-state index is -0.398. The molecule has 1 saturated heterocycles. The van der Waals surface area contributed by atoms with Gasteiger partial charge >= 0.3 is 0 Å². The third kappa shape index (κ3) is 2.18. The summed E-state index contributed by atoms with van der Waals surface area (Å²) in [5, 5.41) is 0. The number of nitrogens with two attached hydrogens (primary N) is 1. The maximum Gasteiger partial charge on any atom is 0.248 e. The minimum Gasteiger partial charge on any atom is -0.366 e. The van der Waals surface area contributed by atoms with E-state index < -0.39 is 5.91 Å². The Bertz CT molecular complexity index is 878. The van der Waals surface area contributed by atoms with Crippen LogP contribution >= 0.6 is 0 Å². The SMILES string of the molecule is C[C@H]1CCN1c1nc(-c2cccc(C(N)=O)c2)c2c(n1)[C@@H]1CC[C@H]2C1. The summed E-state index contributed by atoms with van der Waals surface area (Å²) in [6.07, 6.45) is 4.86. The summed E-state index contributed by atoms with van der Waals surface area (Å²) in [5.41, 5.74) is 10.6. The maximum atomic E-state index is 11.6. The number of anilines is 1. The first-order chi connectivity index (χ1) is 12.1. The minimum absolute atomic E-state index is 0.398. The first kappa shape index (κ1) is 14.9. The summed E-state index contributed by atoms with van der Waals surface area (Å²) in [6, 6.07) is 8.06. The highest BCUT2D eigenvalue weighted by atomic mass is 16.1. The molecule has 0 unspecified atom stereocenters. The summed E-state index contributed by atoms with van der Waals surface area (Å²) in [5.74, 6) is 1.60. The molecule has 25 heavy (non-hydrogen) atoms. The number of primary amides is 1. The van der Waals surface area contributed by atoms with Crippen LogP contribution < -0.4 is 10.6 Å². The number of benzene rings is 1. The zero-order valence-corrected chi connectivity index (χ0v) is 14.4. The number of fused-ring (bicyclic) bond motifs is 5. The Morgan fingerprint density at radius 2 is 2.04 bits per heavy atom. The monoisotopic (exact) mass is 334 g/mol. The third-order valence-corrected chi connectivity index (χ3v) is 6.19. The number of hydrogen-bond acceptors (Lipinski definition) is 4. The first-order valence-electron chi connectivity index (χ1n) is 9.20. The van der Waals surface area contributed by atoms with Crippen LogP contribution in [0.5, 0.6) is 0 Å². The predicted octanol–water partition coefficient (Wildman–Crippen LogP) is 3.21. The lowest BCUT2D eigenvalue weighted by atomic mass is 9.91. The number of rotatable bonds is 3. The van der Waals surface area contributed by atoms with Gasteiger partial charge in [-0.1, -0.05) is 12.1 Å². The molecule has 1 aromatic carbocycles. The second-order valence-corrected chi connectivity index (χ2v) is 7.65. The van der Waals surface area contributed by atoms with Gasteiger partial charge in [0.15, 0.2) is 0 Å². The Balaban J connectivity index is 1.69. The van der Waals surface area contributed by atoms with Crippen molar-refractivity contribution in [2.24, 2.45) is 5.73 Å². The molecule has 5 heteroatoms. The summed E-state index contributed by atoms with van der Waals surface area (Å²) in [6.45, 7) is 3.24. The lowest BCUT2D eigenvalue weighted by Gasteiger charge is -2.39. The van der Waals surface area contributed by atoms with E-state index in [4.69, 9.17) is 15.7 Å². The highest BCUT2D eigenvalue weighted by Gasteiger charge is 2.42. The van der Waals surface area contributed by atoms with Crippen LogP contribution in [0.15, 0.2) is 24.3 Å². The maximum absolute atomic E-state index is 11.6. The molecule has 3 aliphatic rings. The van der Waals surface area contributed by atoms with Crippen molar-refractivity contribution >= 4 is 11.9 Å². The molecule has 5 rings (SSSR count). The second kappa shape index (κ2) is 5.28. The normalized spacial score (nSPS) is 26.4. The van der Waals surface area contributed by atoms with Crippen molar-refractivity contribution in [1.82, 2.24) is 9.97 Å². The van der Waals surface area contributed by atoms with E-state index in [0.29, 0.717) is 23.4 Å². The van der Waals surface area contributed by atoms with Gasteiger partial charge in [0.2, 0.25) is 11.9 Å². The quantitative estimate of drug-likeness (QED) is 0.935. The number of nitrogens with zero attached hydrogens (tertiary/aromatic N) is 3. The van der Waals surface area contributed by atoms with Gasteiger partial charge in [-0.3, -0.25) is 4.79 Å². The molecular formula is C20H22N4O. The van der Waals surface area contributed by atoms with Gasteiger partial charge in [0.05, 0.1) is 11.4 Å². The molecule has 2 bridgehead atoms. The molecule has 0 radical (unpaired) electrons. The highest BCUT2D eigenvalue weighted by molar-refractivity contribution is 5.94. The van der Waals surface area contributed by atoms with E-state index in [-0.39, 0.29) is 0 Å². The van der Waals surface area contributed by atoms with E-state index in [1.165, 1.54) is 36.9 Å². The average molecular weight is 334 g/mol. The Labute approximate surface area is 147 Å². The zero-order chi connectivity index (χ0) is 17.1. The number of hydrogen-bond donors (Lipinski definition) is 1. The van der Waals surface area contributed by atoms with Crippen molar-refractivity contribution in [1.29, 1.82) is 0 Å². The van der Waals surface area contributed by atoms with Gasteiger partial charge < -0.3 is 10.6 Å². The van der Waals surface area contributed by atoms with E-state index in [9.17, 15) is 4.79 Å². The molecule has 128 valence electrons. The molecule has 5 nitrogen and oxygen atoms in total. The topological polar surface area (TPSA) is 72.1 Å². The molecule has 3 atom stereocenters. The number of carbonyl (C=O) groups is 1. The molecular weight excluding hydrogens is 312 g/mol. The van der Waals surface area contributed by atoms with Crippen LogP contribution in [0.4, 0.5) is 5.95 Å². The van der Waals surface area contributed by atoms with Crippen molar-refractivity contribution < 1.29 is 4.79 Å². The fourth-order valence-corrected chi connectivity index (χ4v) is 4.66. The molecule has 2 heterocycles. The summed E-state index contributed by atoms with van der Waals surface area (Å²) < 4.78 is 0. The molecule has 1 aliphatic heterocycles. The van der Waals surface area contributed by atoms with Gasteiger partial charge in [0.25, 0.3) is 0 Å². The van der Waals surface area contributed by atoms with E-state index in [1.807, 2.05) is 18.2 Å². The summed E-state index contributed by atoms with van der Waals surface area (Å²) in [4.78, 5) is 23.8. The number of aromatic nitrogens is 2. The van der Waals surface area contributed by atoms with Gasteiger partial charge in [-0.2, -0.15) is 0 Å². The fourth-order valence-electron chi connectivity index (χ4n) is 4.66. The van der Waals surface area contributed by atoms with Gasteiger partial charge in [-0.05, 0) is 50.7 Å². The van der Waals surface area contributed by atoms with E-state index in [1.54, 1.807) is 6.07 Å². The van der Waals surface area contributed by atoms with Crippen LogP contribution in [-0.2, 0) is 0 Å². The van der Waals surface area contributed by atoms with Crippen LogP contribution in [0.2, 0.25) is 0 Å². The van der Waals surface area contributed by atoms with Gasteiger partial charge in [-0.15, -0.1) is 0 Å². The Hall–Kier alpha value is -2.43. The van der Waals surface area contributed by atoms with Crippen LogP contribution in [-0.4, -0.2) is 28.5 Å². The summed E-state index contributed by atoms with van der Waals surface area (Å²) in [7, 11) is 0. The van der Waals surface area contributed by atoms with Crippen molar-refractivity contribution in [3.05, 3.63) is 41.1 Å². The van der Waals surface area contributed by atoms with Crippen molar-refractivity contribution in [2.75, 3.05) is 11.4 Å². The summed E-state index contributed by atoms with van der Waals surface area (Å²) >= 11 is 0. The van der Waals surface area contributed by atoms with Crippen molar-refractivity contribution in [3.63, 3.8) is 0 Å². The van der Waals surface area contributed by atoms with Gasteiger partial charge in [0.1, 0.15) is 0 Å². The highest BCUT2D eigenvalue weighted by Crippen LogP contribution is 2.55. The van der Waals surface area contributed by atoms with Gasteiger partial charge in [-0.25, -0.2) is 9.97 Å². The molecule has 1 aromatic heterocycles. The lowest BCUT2D eigenvalue weighted by molar-refractivity contribution is 0.100. The lowest BCUT2D eigenvalue weighted by Crippen LogP contribution is -2.46. The fraction of sp³-hybridized carbons (Fsp3) is 0.450. The van der Waals surface area contributed by atoms with Crippen LogP contribution in [0, 0.1) is 0 Å². The Morgan fingerprint density at radius 3 is 2.76 bits per heavy atom. The smallest absolute Gasteiger partial charge is 0.248 e. The Morgan fingerprint density at radius 1 is 1.20 bits per heavy atom. The molecule has 2 N–H and O–H groups in total. The van der Waals surface area contributed by atoms with Crippen LogP contribution in [0.25, 0.3) is 11.3 Å². The molecule has 0 spiro atoms. The zero-order valence-electron chi connectivity index (χ0n) is 14.4. The molecule has 1 saturated carbocycles. The van der Waals surface area contributed by atoms with Crippen LogP contribution in [0.3, 0.4) is 0 Å². The molecule has 1 amide bonds. The molecule has 2 aromatic rings. The number of carbonyl (C=O) groups excluding carboxylic acids is 1. The van der Waals surface area contributed by atoms with E-state index in [0.717, 1.165) is 23.8 Å². The van der Waals surface area contributed by atoms with Crippen molar-refractivity contribution in [3.8, 4) is 11.3 Å². The number of amides is 1. The van der Waals surface area contributed by atoms with E-state index >= 15 is 0 Å². The van der Waals surface area contributed by atoms with Crippen molar-refractivity contribution in [2.45, 2.75) is 50.5 Å². The Kier molecular flexibility index (Phi) is 3.14. The molecule has 2 aliphatic carbocycles. The largest absolute Gasteiger partial charge is 0.366 e. The predicted molar refractivity (Wildman–Crippen MR) is 96.7 cm³/mol. The van der Waals surface area contributed by atoms with E-state index in [2.05, 4.69) is 11.8 Å². The van der Waals surface area contributed by atoms with Crippen LogP contribution in [0.1, 0.15) is 66.1 Å². The third-order valence-electron chi connectivity index (χ3n) is 6.19. The second-order valence-electron chi connectivity index (χ2n) is 7.65. The standard InChI is InChI=1S/C20H22N4O/c1-11-7-8-24(11)20-22-17(13-3-2-4-15(10-13)19(21)25)16-12-5-6-14(9-12)18(16)23-20/h2-4,10-12,14H,5-9H2,1H3,(H2,21,25)/t11-,12-,14+/m0/s1. The molecule has 2 fully saturated rings. The first-order valence-corrected chi connectivity index (χ1v) is 9.20. The average Bonchev–Trinajstić information content (AvgIpc) is 3.22.